The molecular weight excluding hydrogens is 275 g/mol. The zero-order chi connectivity index (χ0) is 14.5. The van der Waals surface area contributed by atoms with Gasteiger partial charge in [-0.2, -0.15) is 0 Å². The van der Waals surface area contributed by atoms with Crippen LogP contribution in [-0.4, -0.2) is 0 Å². The van der Waals surface area contributed by atoms with Gasteiger partial charge in [-0.3, -0.25) is 0 Å². The molecule has 0 radical (unpaired) electrons. The van der Waals surface area contributed by atoms with E-state index in [-0.39, 0.29) is 0 Å². The maximum absolute atomic E-state index is 12.4. The Kier molecular flexibility index (Phi) is 4.15. The summed E-state index contributed by atoms with van der Waals surface area (Å²) in [6.07, 6.45) is 0. The van der Waals surface area contributed by atoms with Crippen LogP contribution in [0.3, 0.4) is 0 Å². The molecule has 0 saturated carbocycles. The molecule has 0 heterocycles. The van der Waals surface area contributed by atoms with E-state index in [2.05, 4.69) is 0 Å². The molecule has 1 atom stereocenters. The lowest BCUT2D eigenvalue weighted by Crippen LogP contribution is -2.26. The maximum atomic E-state index is 12.4. The van der Waals surface area contributed by atoms with Gasteiger partial charge in [0.05, 0.1) is 0 Å². The maximum Gasteiger partial charge on any atom is 0.0473 e. The lowest BCUT2D eigenvalue weighted by Gasteiger charge is -2.39. The van der Waals surface area contributed by atoms with Crippen LogP contribution in [0.25, 0.3) is 0 Å². The topological polar surface area (TPSA) is 23.1 Å². The molecular formula is C19H16OP-. The molecule has 1 unspecified atom stereocenters. The highest BCUT2D eigenvalue weighted by Gasteiger charge is 2.31. The van der Waals surface area contributed by atoms with E-state index in [1.54, 1.807) is 0 Å². The Balaban J connectivity index is 2.29. The van der Waals surface area contributed by atoms with Gasteiger partial charge in [-0.1, -0.05) is 91.0 Å². The molecule has 1 nitrogen and oxygen atoms in total. The Labute approximate surface area is 127 Å². The van der Waals surface area contributed by atoms with Crippen molar-refractivity contribution in [2.45, 2.75) is 5.16 Å². The van der Waals surface area contributed by atoms with Crippen molar-refractivity contribution in [2.75, 3.05) is 0 Å². The third kappa shape index (κ3) is 2.51. The van der Waals surface area contributed by atoms with Crippen LogP contribution in [-0.2, 0) is 5.16 Å². The number of benzene rings is 3. The fraction of sp³-hybridized carbons (Fsp3) is 0.0526. The summed E-state index contributed by atoms with van der Waals surface area (Å²) < 4.78 is 0. The first kappa shape index (κ1) is 14.0. The Morgan fingerprint density at radius 2 is 0.810 bits per heavy atom. The Hall–Kier alpha value is -1.95. The quantitative estimate of drug-likeness (QED) is 0.527. The smallest absolute Gasteiger partial charge is 0.0473 e. The zero-order valence-corrected chi connectivity index (χ0v) is 12.6. The van der Waals surface area contributed by atoms with Gasteiger partial charge in [0.25, 0.3) is 0 Å². The molecule has 21 heavy (non-hydrogen) atoms. The van der Waals surface area contributed by atoms with Gasteiger partial charge in [-0.15, -0.1) is 0 Å². The molecule has 3 aromatic rings. The fourth-order valence-electron chi connectivity index (χ4n) is 2.74. The Morgan fingerprint density at radius 3 is 1.05 bits per heavy atom. The second-order valence-electron chi connectivity index (χ2n) is 4.95. The first-order chi connectivity index (χ1) is 10.4. The number of hydrogen-bond acceptors (Lipinski definition) is 1. The number of rotatable bonds is 4. The largest absolute Gasteiger partial charge is 0.831 e. The van der Waals surface area contributed by atoms with Crippen molar-refractivity contribution < 1.29 is 4.89 Å². The Bertz CT molecular complexity index is 584. The second kappa shape index (κ2) is 6.22. The fourth-order valence-corrected chi connectivity index (χ4v) is 3.59. The van der Waals surface area contributed by atoms with Gasteiger partial charge in [0.15, 0.2) is 0 Å². The Morgan fingerprint density at radius 1 is 0.524 bits per heavy atom. The highest BCUT2D eigenvalue weighted by atomic mass is 31.1. The average Bonchev–Trinajstić information content (AvgIpc) is 2.59. The summed E-state index contributed by atoms with van der Waals surface area (Å²) in [7, 11) is -0.499. The standard InChI is InChI=1S/C19H16OP/c20-21-19(16-10-4-1-5-11-16,17-12-6-2-7-13-17)18-14-8-3-9-15-18/h1-15,21H/q-1. The minimum absolute atomic E-state index is 0.499. The summed E-state index contributed by atoms with van der Waals surface area (Å²) in [4.78, 5) is 12.4. The minimum Gasteiger partial charge on any atom is -0.831 e. The summed E-state index contributed by atoms with van der Waals surface area (Å²) in [6, 6.07) is 30.2. The minimum atomic E-state index is -0.607. The van der Waals surface area contributed by atoms with E-state index in [1.807, 2.05) is 91.0 Å². The van der Waals surface area contributed by atoms with E-state index < -0.39 is 14.0 Å². The average molecular weight is 291 g/mol. The SMILES string of the molecule is [O-]PC(c1ccccc1)(c1ccccc1)c1ccccc1. The lowest BCUT2D eigenvalue weighted by atomic mass is 9.84. The molecule has 0 spiro atoms. The molecule has 3 aromatic carbocycles. The van der Waals surface area contributed by atoms with Crippen molar-refractivity contribution in [1.82, 2.24) is 0 Å². The van der Waals surface area contributed by atoms with E-state index in [0.29, 0.717) is 0 Å². The zero-order valence-electron chi connectivity index (χ0n) is 11.6. The summed E-state index contributed by atoms with van der Waals surface area (Å²) in [5, 5.41) is -0.607. The van der Waals surface area contributed by atoms with Gasteiger partial charge in [0, 0.05) is 5.16 Å². The highest BCUT2D eigenvalue weighted by molar-refractivity contribution is 7.32. The van der Waals surface area contributed by atoms with Crippen molar-refractivity contribution in [3.8, 4) is 0 Å². The van der Waals surface area contributed by atoms with Crippen molar-refractivity contribution >= 4 is 8.81 Å². The molecule has 0 fully saturated rings. The van der Waals surface area contributed by atoms with Crippen molar-refractivity contribution in [3.05, 3.63) is 108 Å². The van der Waals surface area contributed by atoms with Crippen LogP contribution in [0, 0.1) is 0 Å². The molecule has 0 aliphatic rings. The van der Waals surface area contributed by atoms with Gasteiger partial charge in [0.2, 0.25) is 0 Å². The van der Waals surface area contributed by atoms with Crippen molar-refractivity contribution in [1.29, 1.82) is 0 Å². The molecule has 0 aliphatic heterocycles. The van der Waals surface area contributed by atoms with E-state index in [9.17, 15) is 4.89 Å². The predicted octanol–water partition coefficient (Wildman–Crippen LogP) is 3.93. The van der Waals surface area contributed by atoms with E-state index >= 15 is 0 Å². The van der Waals surface area contributed by atoms with Gasteiger partial charge in [0.1, 0.15) is 0 Å². The van der Waals surface area contributed by atoms with Crippen LogP contribution < -0.4 is 4.89 Å². The van der Waals surface area contributed by atoms with Crippen molar-refractivity contribution in [2.24, 2.45) is 0 Å². The van der Waals surface area contributed by atoms with Gasteiger partial charge in [-0.05, 0) is 16.7 Å². The molecule has 0 N–H and O–H groups in total. The molecule has 0 aliphatic carbocycles. The third-order valence-electron chi connectivity index (χ3n) is 3.77. The predicted molar refractivity (Wildman–Crippen MR) is 87.5 cm³/mol. The van der Waals surface area contributed by atoms with Crippen molar-refractivity contribution in [3.63, 3.8) is 0 Å². The van der Waals surface area contributed by atoms with Gasteiger partial charge >= 0.3 is 0 Å². The first-order valence-corrected chi connectivity index (χ1v) is 7.84. The van der Waals surface area contributed by atoms with Crippen LogP contribution in [0.4, 0.5) is 0 Å². The number of hydrogen-bond donors (Lipinski definition) is 0. The van der Waals surface area contributed by atoms with Crippen LogP contribution in [0.1, 0.15) is 16.7 Å². The van der Waals surface area contributed by atoms with Crippen LogP contribution in [0.5, 0.6) is 0 Å². The van der Waals surface area contributed by atoms with Crippen LogP contribution in [0.2, 0.25) is 0 Å². The molecule has 2 heteroatoms. The van der Waals surface area contributed by atoms with E-state index in [4.69, 9.17) is 0 Å². The van der Waals surface area contributed by atoms with Gasteiger partial charge in [-0.25, -0.2) is 8.81 Å². The molecule has 104 valence electrons. The highest BCUT2D eigenvalue weighted by Crippen LogP contribution is 2.48. The molecule has 3 rings (SSSR count). The molecule has 0 saturated heterocycles. The van der Waals surface area contributed by atoms with E-state index in [1.165, 1.54) is 0 Å². The van der Waals surface area contributed by atoms with Crippen LogP contribution >= 0.6 is 8.81 Å². The molecule has 0 bridgehead atoms. The van der Waals surface area contributed by atoms with Crippen LogP contribution in [0.15, 0.2) is 91.0 Å². The summed E-state index contributed by atoms with van der Waals surface area (Å²) >= 11 is 0. The normalized spacial score (nSPS) is 11.9. The summed E-state index contributed by atoms with van der Waals surface area (Å²) in [5.74, 6) is 0. The monoisotopic (exact) mass is 291 g/mol. The van der Waals surface area contributed by atoms with E-state index in [0.717, 1.165) is 16.7 Å². The lowest BCUT2D eigenvalue weighted by molar-refractivity contribution is -0.153. The summed E-state index contributed by atoms with van der Waals surface area (Å²) in [5.41, 5.74) is 3.15. The third-order valence-corrected chi connectivity index (χ3v) is 4.95. The second-order valence-corrected chi connectivity index (χ2v) is 5.90. The first-order valence-electron chi connectivity index (χ1n) is 6.94. The molecule has 0 aromatic heterocycles. The summed E-state index contributed by atoms with van der Waals surface area (Å²) in [6.45, 7) is 0. The van der Waals surface area contributed by atoms with Gasteiger partial charge < -0.3 is 4.89 Å². The molecule has 0 amide bonds.